The first-order valence-corrected chi connectivity index (χ1v) is 9.32. The second kappa shape index (κ2) is 12.7. The molecule has 1 aromatic carbocycles. The van der Waals surface area contributed by atoms with Gasteiger partial charge in [-0.3, -0.25) is 4.99 Å². The van der Waals surface area contributed by atoms with Crippen molar-refractivity contribution in [3.63, 3.8) is 0 Å². The van der Waals surface area contributed by atoms with Crippen molar-refractivity contribution in [1.82, 2.24) is 16.0 Å². The van der Waals surface area contributed by atoms with Crippen LogP contribution in [0.1, 0.15) is 32.3 Å². The maximum absolute atomic E-state index is 13.2. The summed E-state index contributed by atoms with van der Waals surface area (Å²) in [7, 11) is 0. The van der Waals surface area contributed by atoms with Crippen molar-refractivity contribution in [2.75, 3.05) is 26.2 Å². The predicted octanol–water partition coefficient (Wildman–Crippen LogP) is 3.07. The molecule has 6 nitrogen and oxygen atoms in total. The molecule has 2 rings (SSSR count). The number of hydrogen-bond donors (Lipinski definition) is 3. The van der Waals surface area contributed by atoms with Gasteiger partial charge in [-0.05, 0) is 56.7 Å². The molecule has 0 aromatic heterocycles. The van der Waals surface area contributed by atoms with Crippen LogP contribution >= 0.6 is 24.0 Å². The number of guanidine groups is 1. The van der Waals surface area contributed by atoms with Crippen molar-refractivity contribution in [3.8, 4) is 0 Å². The van der Waals surface area contributed by atoms with Gasteiger partial charge in [0.15, 0.2) is 5.96 Å². The molecule has 1 fully saturated rings. The Bertz CT molecular complexity index is 611. The van der Waals surface area contributed by atoms with Crippen LogP contribution in [0.2, 0.25) is 0 Å². The number of hydrogen-bond acceptors (Lipinski definition) is 3. The first-order chi connectivity index (χ1) is 12.6. The summed E-state index contributed by atoms with van der Waals surface area (Å²) in [5.74, 6) is 0.943. The predicted molar refractivity (Wildman–Crippen MR) is 116 cm³/mol. The van der Waals surface area contributed by atoms with Gasteiger partial charge in [0.25, 0.3) is 0 Å². The summed E-state index contributed by atoms with van der Waals surface area (Å²) in [4.78, 5) is 16.3. The van der Waals surface area contributed by atoms with E-state index in [0.717, 1.165) is 24.9 Å². The Labute approximate surface area is 177 Å². The van der Waals surface area contributed by atoms with E-state index in [9.17, 15) is 9.18 Å². The summed E-state index contributed by atoms with van der Waals surface area (Å²) < 4.78 is 18.2. The maximum Gasteiger partial charge on any atom is 0.407 e. The van der Waals surface area contributed by atoms with Crippen molar-refractivity contribution < 1.29 is 13.9 Å². The molecule has 0 bridgehead atoms. The maximum atomic E-state index is 13.2. The SMILES string of the molecule is CCNC(=NCC(NC(=O)OCC)C1CC1)NCCc1cccc(F)c1.I. The number of ether oxygens (including phenoxy) is 1. The number of halogens is 2. The lowest BCUT2D eigenvalue weighted by molar-refractivity contribution is 0.147. The topological polar surface area (TPSA) is 74.8 Å². The summed E-state index contributed by atoms with van der Waals surface area (Å²) >= 11 is 0. The average Bonchev–Trinajstić information content (AvgIpc) is 3.43. The van der Waals surface area contributed by atoms with Crippen molar-refractivity contribution in [2.45, 2.75) is 39.2 Å². The minimum atomic E-state index is -0.385. The van der Waals surface area contributed by atoms with E-state index in [2.05, 4.69) is 20.9 Å². The number of nitrogens with one attached hydrogen (secondary N) is 3. The van der Waals surface area contributed by atoms with Crippen LogP contribution in [0, 0.1) is 11.7 Å². The average molecular weight is 492 g/mol. The molecule has 3 N–H and O–H groups in total. The molecule has 1 aliphatic carbocycles. The molecule has 1 aromatic rings. The first kappa shape index (κ1) is 23.5. The third kappa shape index (κ3) is 9.25. The molecular formula is C19H30FIN4O2. The Morgan fingerprint density at radius 2 is 2.11 bits per heavy atom. The van der Waals surface area contributed by atoms with E-state index in [1.807, 2.05) is 13.0 Å². The number of alkyl carbamates (subject to hydrolysis) is 1. The normalized spacial score (nSPS) is 14.7. The Kier molecular flexibility index (Phi) is 11.1. The zero-order chi connectivity index (χ0) is 18.8. The second-order valence-corrected chi connectivity index (χ2v) is 6.34. The van der Waals surface area contributed by atoms with Crippen LogP contribution in [0.3, 0.4) is 0 Å². The van der Waals surface area contributed by atoms with Crippen LogP contribution in [-0.4, -0.2) is 44.3 Å². The van der Waals surface area contributed by atoms with Gasteiger partial charge in [-0.2, -0.15) is 0 Å². The number of benzene rings is 1. The molecule has 1 saturated carbocycles. The standard InChI is InChI=1S/C19H29FN4O2.HI/c1-3-21-18(22-11-10-14-6-5-7-16(20)12-14)23-13-17(15-8-9-15)24-19(25)26-4-2;/h5-7,12,15,17H,3-4,8-11,13H2,1-2H3,(H,24,25)(H2,21,22,23);1H. The molecule has 0 saturated heterocycles. The summed E-state index contributed by atoms with van der Waals surface area (Å²) in [6, 6.07) is 6.59. The van der Waals surface area contributed by atoms with E-state index in [0.29, 0.717) is 38.0 Å². The molecule has 0 radical (unpaired) electrons. The number of rotatable bonds is 9. The zero-order valence-electron chi connectivity index (χ0n) is 16.0. The summed E-state index contributed by atoms with van der Waals surface area (Å²) in [5, 5.41) is 9.35. The number of amides is 1. The molecule has 27 heavy (non-hydrogen) atoms. The van der Waals surface area contributed by atoms with Crippen LogP contribution < -0.4 is 16.0 Å². The third-order valence-electron chi connectivity index (χ3n) is 4.16. The van der Waals surface area contributed by atoms with Crippen LogP contribution in [-0.2, 0) is 11.2 Å². The fourth-order valence-corrected chi connectivity index (χ4v) is 2.68. The van der Waals surface area contributed by atoms with Crippen LogP contribution in [0.4, 0.5) is 9.18 Å². The highest BCUT2D eigenvalue weighted by atomic mass is 127. The molecule has 152 valence electrons. The third-order valence-corrected chi connectivity index (χ3v) is 4.16. The Balaban J connectivity index is 0.00000364. The van der Waals surface area contributed by atoms with Crippen molar-refractivity contribution in [2.24, 2.45) is 10.9 Å². The molecule has 1 atom stereocenters. The molecular weight excluding hydrogens is 462 g/mol. The van der Waals surface area contributed by atoms with Gasteiger partial charge in [-0.1, -0.05) is 12.1 Å². The van der Waals surface area contributed by atoms with Gasteiger partial charge in [-0.25, -0.2) is 9.18 Å². The number of aliphatic imine (C=N–C) groups is 1. The highest BCUT2D eigenvalue weighted by molar-refractivity contribution is 14.0. The lowest BCUT2D eigenvalue weighted by Crippen LogP contribution is -2.42. The zero-order valence-corrected chi connectivity index (χ0v) is 18.3. The number of carbonyl (C=O) groups excluding carboxylic acids is 1. The minimum absolute atomic E-state index is 0. The Hall–Kier alpha value is -1.58. The molecule has 1 unspecified atom stereocenters. The highest BCUT2D eigenvalue weighted by Crippen LogP contribution is 2.32. The lowest BCUT2D eigenvalue weighted by Gasteiger charge is -2.17. The smallest absolute Gasteiger partial charge is 0.407 e. The van der Waals surface area contributed by atoms with E-state index in [-0.39, 0.29) is 41.9 Å². The Morgan fingerprint density at radius 3 is 2.74 bits per heavy atom. The lowest BCUT2D eigenvalue weighted by atomic mass is 10.1. The highest BCUT2D eigenvalue weighted by Gasteiger charge is 2.32. The van der Waals surface area contributed by atoms with Gasteiger partial charge in [0.2, 0.25) is 0 Å². The minimum Gasteiger partial charge on any atom is -0.450 e. The molecule has 0 heterocycles. The largest absolute Gasteiger partial charge is 0.450 e. The fraction of sp³-hybridized carbons (Fsp3) is 0.579. The van der Waals surface area contributed by atoms with Crippen molar-refractivity contribution in [3.05, 3.63) is 35.6 Å². The molecule has 1 aliphatic rings. The molecule has 1 amide bonds. The fourth-order valence-electron chi connectivity index (χ4n) is 2.68. The van der Waals surface area contributed by atoms with Gasteiger partial charge in [0.05, 0.1) is 19.2 Å². The van der Waals surface area contributed by atoms with E-state index in [1.165, 1.54) is 12.1 Å². The quantitative estimate of drug-likeness (QED) is 0.282. The summed E-state index contributed by atoms with van der Waals surface area (Å²) in [6.45, 7) is 6.03. The molecule has 0 aliphatic heterocycles. The van der Waals surface area contributed by atoms with Crippen LogP contribution in [0.25, 0.3) is 0 Å². The van der Waals surface area contributed by atoms with Crippen LogP contribution in [0.15, 0.2) is 29.3 Å². The number of nitrogens with zero attached hydrogens (tertiary/aromatic N) is 1. The van der Waals surface area contributed by atoms with E-state index in [4.69, 9.17) is 4.74 Å². The summed E-state index contributed by atoms with van der Waals surface area (Å²) in [5.41, 5.74) is 0.938. The molecule has 8 heteroatoms. The van der Waals surface area contributed by atoms with Crippen molar-refractivity contribution >= 4 is 36.0 Å². The first-order valence-electron chi connectivity index (χ1n) is 9.32. The number of carbonyl (C=O) groups is 1. The van der Waals surface area contributed by atoms with Gasteiger partial charge in [0, 0.05) is 13.1 Å². The van der Waals surface area contributed by atoms with Gasteiger partial charge in [0.1, 0.15) is 5.82 Å². The van der Waals surface area contributed by atoms with E-state index in [1.54, 1.807) is 13.0 Å². The van der Waals surface area contributed by atoms with Crippen molar-refractivity contribution in [1.29, 1.82) is 0 Å². The monoisotopic (exact) mass is 492 g/mol. The second-order valence-electron chi connectivity index (χ2n) is 6.34. The Morgan fingerprint density at radius 1 is 1.33 bits per heavy atom. The van der Waals surface area contributed by atoms with E-state index < -0.39 is 0 Å². The summed E-state index contributed by atoms with van der Waals surface area (Å²) in [6.07, 6.45) is 2.53. The van der Waals surface area contributed by atoms with Gasteiger partial charge < -0.3 is 20.7 Å². The van der Waals surface area contributed by atoms with Gasteiger partial charge >= 0.3 is 6.09 Å². The van der Waals surface area contributed by atoms with Crippen LogP contribution in [0.5, 0.6) is 0 Å². The molecule has 0 spiro atoms. The van der Waals surface area contributed by atoms with Gasteiger partial charge in [-0.15, -0.1) is 24.0 Å². The van der Waals surface area contributed by atoms with E-state index >= 15 is 0 Å².